The summed E-state index contributed by atoms with van der Waals surface area (Å²) in [5.41, 5.74) is 6.57. The number of hydrogen-bond donors (Lipinski definition) is 2. The Morgan fingerprint density at radius 2 is 2.31 bits per heavy atom. The number of amides is 1. The Morgan fingerprint density at radius 3 is 2.94 bits per heavy atom. The molecule has 1 heterocycles. The van der Waals surface area contributed by atoms with E-state index in [4.69, 9.17) is 5.73 Å². The van der Waals surface area contributed by atoms with Gasteiger partial charge in [-0.25, -0.2) is 0 Å². The van der Waals surface area contributed by atoms with Gasteiger partial charge in [-0.05, 0) is 12.8 Å². The highest BCUT2D eigenvalue weighted by atomic mass is 16.1. The van der Waals surface area contributed by atoms with Gasteiger partial charge in [-0.1, -0.05) is 12.8 Å². The van der Waals surface area contributed by atoms with Crippen molar-refractivity contribution in [3.8, 4) is 0 Å². The van der Waals surface area contributed by atoms with Gasteiger partial charge in [-0.2, -0.15) is 5.10 Å². The SMILES string of the molecule is Cn1cc(C(=O)NC2CCCCC2N)cn1. The Hall–Kier alpha value is -1.36. The molecule has 0 bridgehead atoms. The van der Waals surface area contributed by atoms with Crippen LogP contribution in [0.3, 0.4) is 0 Å². The van der Waals surface area contributed by atoms with E-state index < -0.39 is 0 Å². The Balaban J connectivity index is 1.96. The topological polar surface area (TPSA) is 72.9 Å². The van der Waals surface area contributed by atoms with Crippen LogP contribution in [0.25, 0.3) is 0 Å². The van der Waals surface area contributed by atoms with E-state index in [9.17, 15) is 4.79 Å². The highest BCUT2D eigenvalue weighted by Crippen LogP contribution is 2.17. The Labute approximate surface area is 95.0 Å². The number of nitrogens with one attached hydrogen (secondary N) is 1. The number of hydrogen-bond acceptors (Lipinski definition) is 3. The Morgan fingerprint density at radius 1 is 1.56 bits per heavy atom. The van der Waals surface area contributed by atoms with E-state index in [2.05, 4.69) is 10.4 Å². The monoisotopic (exact) mass is 222 g/mol. The molecule has 1 aromatic heterocycles. The average Bonchev–Trinajstić information content (AvgIpc) is 2.68. The first-order valence-corrected chi connectivity index (χ1v) is 5.72. The molecule has 0 spiro atoms. The van der Waals surface area contributed by atoms with Gasteiger partial charge in [0.15, 0.2) is 0 Å². The van der Waals surface area contributed by atoms with Crippen molar-refractivity contribution in [2.24, 2.45) is 12.8 Å². The third-order valence-electron chi connectivity index (χ3n) is 3.10. The summed E-state index contributed by atoms with van der Waals surface area (Å²) in [7, 11) is 1.79. The van der Waals surface area contributed by atoms with Gasteiger partial charge in [0.05, 0.1) is 11.8 Å². The standard InChI is InChI=1S/C11H18N4O/c1-15-7-8(6-13-15)11(16)14-10-5-3-2-4-9(10)12/h6-7,9-10H,2-5,12H2,1H3,(H,14,16). The molecule has 2 rings (SSSR count). The van der Waals surface area contributed by atoms with Gasteiger partial charge in [0.25, 0.3) is 5.91 Å². The van der Waals surface area contributed by atoms with Crippen LogP contribution in [0.4, 0.5) is 0 Å². The van der Waals surface area contributed by atoms with Gasteiger partial charge in [0.2, 0.25) is 0 Å². The third kappa shape index (κ3) is 2.41. The first-order chi connectivity index (χ1) is 7.66. The second kappa shape index (κ2) is 4.65. The molecule has 3 N–H and O–H groups in total. The molecule has 88 valence electrons. The van der Waals surface area contributed by atoms with Crippen molar-refractivity contribution < 1.29 is 4.79 Å². The second-order valence-corrected chi connectivity index (χ2v) is 4.43. The summed E-state index contributed by atoms with van der Waals surface area (Å²) in [5.74, 6) is -0.0737. The van der Waals surface area contributed by atoms with Crippen molar-refractivity contribution in [2.75, 3.05) is 0 Å². The maximum Gasteiger partial charge on any atom is 0.254 e. The molecule has 0 saturated heterocycles. The lowest BCUT2D eigenvalue weighted by Crippen LogP contribution is -2.49. The van der Waals surface area contributed by atoms with E-state index in [1.807, 2.05) is 0 Å². The first kappa shape index (κ1) is 11.1. The molecule has 5 nitrogen and oxygen atoms in total. The number of aromatic nitrogens is 2. The van der Waals surface area contributed by atoms with E-state index in [0.29, 0.717) is 5.56 Å². The van der Waals surface area contributed by atoms with Crippen LogP contribution >= 0.6 is 0 Å². The van der Waals surface area contributed by atoms with Crippen LogP contribution < -0.4 is 11.1 Å². The number of nitrogens with zero attached hydrogens (tertiary/aromatic N) is 2. The van der Waals surface area contributed by atoms with Gasteiger partial charge in [0.1, 0.15) is 0 Å². The van der Waals surface area contributed by atoms with E-state index >= 15 is 0 Å². The molecule has 2 atom stereocenters. The quantitative estimate of drug-likeness (QED) is 0.761. The van der Waals surface area contributed by atoms with Crippen LogP contribution in [0.15, 0.2) is 12.4 Å². The maximum atomic E-state index is 11.9. The van der Waals surface area contributed by atoms with Crippen LogP contribution in [-0.2, 0) is 7.05 Å². The molecule has 1 amide bonds. The van der Waals surface area contributed by atoms with E-state index in [1.165, 1.54) is 6.42 Å². The summed E-state index contributed by atoms with van der Waals surface area (Å²) >= 11 is 0. The first-order valence-electron chi connectivity index (χ1n) is 5.72. The predicted octanol–water partition coefficient (Wildman–Crippen LogP) is 0.420. The van der Waals surface area contributed by atoms with Crippen LogP contribution in [0, 0.1) is 0 Å². The van der Waals surface area contributed by atoms with Crippen molar-refractivity contribution >= 4 is 5.91 Å². The molecule has 1 aliphatic carbocycles. The molecule has 1 aromatic rings. The molecular weight excluding hydrogens is 204 g/mol. The average molecular weight is 222 g/mol. The van der Waals surface area contributed by atoms with E-state index in [0.717, 1.165) is 19.3 Å². The number of carbonyl (C=O) groups is 1. The number of rotatable bonds is 2. The summed E-state index contributed by atoms with van der Waals surface area (Å²) in [6, 6.07) is 0.204. The van der Waals surface area contributed by atoms with Crippen LogP contribution in [0.2, 0.25) is 0 Å². The summed E-state index contributed by atoms with van der Waals surface area (Å²) < 4.78 is 1.62. The van der Waals surface area contributed by atoms with Crippen LogP contribution in [-0.4, -0.2) is 27.8 Å². The molecular formula is C11H18N4O. The normalized spacial score (nSPS) is 25.4. The zero-order valence-electron chi connectivity index (χ0n) is 9.52. The molecule has 0 radical (unpaired) electrons. The summed E-state index contributed by atoms with van der Waals surface area (Å²) in [5, 5.41) is 6.96. The zero-order valence-corrected chi connectivity index (χ0v) is 9.52. The smallest absolute Gasteiger partial charge is 0.254 e. The van der Waals surface area contributed by atoms with Gasteiger partial charge >= 0.3 is 0 Å². The largest absolute Gasteiger partial charge is 0.348 e. The van der Waals surface area contributed by atoms with Crippen molar-refractivity contribution in [3.63, 3.8) is 0 Å². The van der Waals surface area contributed by atoms with Gasteiger partial charge in [-0.15, -0.1) is 0 Å². The maximum absolute atomic E-state index is 11.9. The number of carbonyl (C=O) groups excluding carboxylic acids is 1. The molecule has 0 aromatic carbocycles. The lowest BCUT2D eigenvalue weighted by Gasteiger charge is -2.29. The van der Waals surface area contributed by atoms with Gasteiger partial charge < -0.3 is 11.1 Å². The Kier molecular flexibility index (Phi) is 3.24. The second-order valence-electron chi connectivity index (χ2n) is 4.43. The van der Waals surface area contributed by atoms with Crippen LogP contribution in [0.1, 0.15) is 36.0 Å². The summed E-state index contributed by atoms with van der Waals surface area (Å²) in [6.07, 6.45) is 7.57. The molecule has 1 fully saturated rings. The zero-order chi connectivity index (χ0) is 11.5. The molecule has 0 aliphatic heterocycles. The fourth-order valence-electron chi connectivity index (χ4n) is 2.13. The van der Waals surface area contributed by atoms with E-state index in [-0.39, 0.29) is 18.0 Å². The Bertz CT molecular complexity index is 374. The summed E-state index contributed by atoms with van der Waals surface area (Å²) in [6.45, 7) is 0. The van der Waals surface area contributed by atoms with Crippen molar-refractivity contribution in [1.82, 2.24) is 15.1 Å². The van der Waals surface area contributed by atoms with E-state index in [1.54, 1.807) is 24.1 Å². The molecule has 1 aliphatic rings. The van der Waals surface area contributed by atoms with Crippen molar-refractivity contribution in [1.29, 1.82) is 0 Å². The number of nitrogens with two attached hydrogens (primary N) is 1. The van der Waals surface area contributed by atoms with Gasteiger partial charge in [-0.3, -0.25) is 9.48 Å². The third-order valence-corrected chi connectivity index (χ3v) is 3.10. The minimum Gasteiger partial charge on any atom is -0.348 e. The minimum absolute atomic E-state index is 0.0737. The lowest BCUT2D eigenvalue weighted by molar-refractivity contribution is 0.0921. The van der Waals surface area contributed by atoms with Crippen molar-refractivity contribution in [3.05, 3.63) is 18.0 Å². The number of aryl methyl sites for hydroxylation is 1. The minimum atomic E-state index is -0.0737. The lowest BCUT2D eigenvalue weighted by atomic mass is 9.91. The van der Waals surface area contributed by atoms with Gasteiger partial charge in [0, 0.05) is 25.3 Å². The predicted molar refractivity (Wildman–Crippen MR) is 60.9 cm³/mol. The van der Waals surface area contributed by atoms with Crippen molar-refractivity contribution in [2.45, 2.75) is 37.8 Å². The fraction of sp³-hybridized carbons (Fsp3) is 0.636. The molecule has 5 heteroatoms. The van der Waals surface area contributed by atoms with Crippen LogP contribution in [0.5, 0.6) is 0 Å². The highest BCUT2D eigenvalue weighted by molar-refractivity contribution is 5.93. The molecule has 1 saturated carbocycles. The molecule has 16 heavy (non-hydrogen) atoms. The summed E-state index contributed by atoms with van der Waals surface area (Å²) in [4.78, 5) is 11.9. The highest BCUT2D eigenvalue weighted by Gasteiger charge is 2.23. The molecule has 2 unspecified atom stereocenters. The fourth-order valence-corrected chi connectivity index (χ4v) is 2.13.